The number of para-hydroxylation sites is 3. The van der Waals surface area contributed by atoms with E-state index < -0.39 is 0 Å². The fourth-order valence-electron chi connectivity index (χ4n) is 6.98. The molecule has 0 bridgehead atoms. The fraction of sp³-hybridized carbons (Fsp3) is 0.0625. The van der Waals surface area contributed by atoms with E-state index in [9.17, 15) is 5.11 Å². The van der Waals surface area contributed by atoms with Gasteiger partial charge in [-0.2, -0.15) is 29.9 Å². The van der Waals surface area contributed by atoms with Crippen LogP contribution in [0.3, 0.4) is 0 Å². The molecule has 10 rings (SSSR count). The van der Waals surface area contributed by atoms with Crippen molar-refractivity contribution in [2.24, 2.45) is 0 Å². The molecule has 7 N–H and O–H groups in total. The highest BCUT2D eigenvalue weighted by Gasteiger charge is 2.17. The van der Waals surface area contributed by atoms with Gasteiger partial charge in [0.1, 0.15) is 29.0 Å². The lowest BCUT2D eigenvalue weighted by molar-refractivity contribution is 0.282. The van der Waals surface area contributed by atoms with Gasteiger partial charge in [-0.05, 0) is 103 Å². The summed E-state index contributed by atoms with van der Waals surface area (Å²) in [5.74, 6) is 3.97. The number of aliphatic hydroxyl groups excluding tert-OH is 1. The van der Waals surface area contributed by atoms with Gasteiger partial charge in [-0.1, -0.05) is 48.5 Å². The summed E-state index contributed by atoms with van der Waals surface area (Å²) in [6.45, 7) is -0.0616. The Labute approximate surface area is 376 Å². The van der Waals surface area contributed by atoms with Crippen LogP contribution in [0.1, 0.15) is 5.56 Å². The quantitative estimate of drug-likeness (QED) is 0.0508. The Morgan fingerprint density at radius 2 is 0.652 bits per heavy atom. The van der Waals surface area contributed by atoms with Crippen molar-refractivity contribution in [1.29, 1.82) is 0 Å². The van der Waals surface area contributed by atoms with Crippen LogP contribution in [0.5, 0.6) is 11.5 Å². The second-order valence-corrected chi connectivity index (χ2v) is 14.6. The maximum absolute atomic E-state index is 9.59. The molecule has 0 amide bonds. The van der Waals surface area contributed by atoms with Crippen molar-refractivity contribution in [3.8, 4) is 11.5 Å². The second-order valence-electron chi connectivity index (χ2n) is 14.6. The van der Waals surface area contributed by atoms with Gasteiger partial charge in [0.15, 0.2) is 0 Å². The number of hydrogen-bond donors (Lipinski definition) is 7. The number of aromatic nitrogens is 9. The molecule has 66 heavy (non-hydrogen) atoms. The number of hydrogen-bond acceptors (Lipinski definition) is 18. The van der Waals surface area contributed by atoms with E-state index in [-0.39, 0.29) is 42.3 Å². The first-order valence-corrected chi connectivity index (χ1v) is 20.6. The topological polar surface area (TPSA) is 227 Å². The van der Waals surface area contributed by atoms with Gasteiger partial charge >= 0.3 is 0 Å². The molecule has 10 aromatic rings. The Hall–Kier alpha value is -9.29. The van der Waals surface area contributed by atoms with Gasteiger partial charge < -0.3 is 30.5 Å². The highest BCUT2D eigenvalue weighted by atomic mass is 16.5. The third kappa shape index (κ3) is 9.10. The molecule has 18 nitrogen and oxygen atoms in total. The molecule has 324 valence electrons. The van der Waals surface area contributed by atoms with Gasteiger partial charge in [0, 0.05) is 33.2 Å². The molecule has 0 aliphatic rings. The average Bonchev–Trinajstić information content (AvgIpc) is 3.34. The summed E-state index contributed by atoms with van der Waals surface area (Å²) < 4.78 is 10.7. The number of aliphatic hydroxyl groups is 1. The summed E-state index contributed by atoms with van der Waals surface area (Å²) >= 11 is 0. The van der Waals surface area contributed by atoms with Gasteiger partial charge in [0.05, 0.1) is 37.4 Å². The number of fused-ring (bicyclic) bond motifs is 3. The second kappa shape index (κ2) is 18.2. The zero-order chi connectivity index (χ0) is 44.8. The molecule has 4 heterocycles. The molecule has 4 aromatic heterocycles. The lowest BCUT2D eigenvalue weighted by atomic mass is 10.2. The lowest BCUT2D eigenvalue weighted by Crippen LogP contribution is -2.11. The van der Waals surface area contributed by atoms with E-state index in [4.69, 9.17) is 54.3 Å². The third-order valence-corrected chi connectivity index (χ3v) is 10.2. The van der Waals surface area contributed by atoms with E-state index >= 15 is 0 Å². The number of rotatable bonds is 15. The number of nitrogens with one attached hydrogen (secondary N) is 6. The van der Waals surface area contributed by atoms with Crippen LogP contribution in [-0.4, -0.2) is 64.2 Å². The van der Waals surface area contributed by atoms with Crippen LogP contribution in [0.4, 0.5) is 70.2 Å². The molecule has 6 aromatic carbocycles. The van der Waals surface area contributed by atoms with Crippen molar-refractivity contribution >= 4 is 103 Å². The van der Waals surface area contributed by atoms with Crippen molar-refractivity contribution in [3.05, 3.63) is 151 Å². The Balaban J connectivity index is 1.03. The van der Waals surface area contributed by atoms with Crippen LogP contribution in [0.15, 0.2) is 146 Å². The van der Waals surface area contributed by atoms with Crippen LogP contribution in [0, 0.1) is 0 Å². The molecule has 0 aliphatic carbocycles. The molecule has 0 unspecified atom stereocenters. The first-order valence-electron chi connectivity index (χ1n) is 20.6. The predicted octanol–water partition coefficient (Wildman–Crippen LogP) is 9.67. The van der Waals surface area contributed by atoms with Crippen LogP contribution < -0.4 is 41.4 Å². The lowest BCUT2D eigenvalue weighted by Gasteiger charge is -2.14. The number of nitrogens with zero attached hydrogens (tertiary/aromatic N) is 9. The average molecular weight is 874 g/mol. The van der Waals surface area contributed by atoms with Gasteiger partial charge in [-0.3, -0.25) is 16.0 Å². The Morgan fingerprint density at radius 1 is 0.348 bits per heavy atom. The first kappa shape index (κ1) is 40.8. The van der Waals surface area contributed by atoms with E-state index in [0.29, 0.717) is 34.0 Å². The summed E-state index contributed by atoms with van der Waals surface area (Å²) in [6.07, 6.45) is 0. The number of ether oxygens (including phenoxy) is 2. The summed E-state index contributed by atoms with van der Waals surface area (Å²) in [4.78, 5) is 43.2. The maximum atomic E-state index is 9.59. The van der Waals surface area contributed by atoms with Crippen molar-refractivity contribution in [2.45, 2.75) is 6.61 Å². The number of anilines is 12. The van der Waals surface area contributed by atoms with E-state index in [1.54, 1.807) is 14.2 Å². The van der Waals surface area contributed by atoms with Crippen molar-refractivity contribution in [1.82, 2.24) is 44.9 Å². The predicted molar refractivity (Wildman–Crippen MR) is 256 cm³/mol. The van der Waals surface area contributed by atoms with Crippen molar-refractivity contribution in [2.75, 3.05) is 46.1 Å². The SMILES string of the molecule is COc1ccc(Nc2nc(Nc3nc(Nc4nc(Nc5ccc(CO)cc5)c5ccccc5n4)nc(Nc4nc(Nc5ccc(OC)cc5)c5ccccc5n4)n3)nc3ccccc23)cc1. The van der Waals surface area contributed by atoms with Gasteiger partial charge in [-0.25, -0.2) is 15.0 Å². The molecular weight excluding hydrogens is 835 g/mol. The van der Waals surface area contributed by atoms with Crippen LogP contribution in [-0.2, 0) is 6.61 Å². The Bertz CT molecular complexity index is 2980. The van der Waals surface area contributed by atoms with Crippen molar-refractivity contribution < 1.29 is 14.6 Å². The molecule has 0 aliphatic heterocycles. The van der Waals surface area contributed by atoms with E-state index in [1.807, 2.05) is 146 Å². The van der Waals surface area contributed by atoms with Crippen LogP contribution >= 0.6 is 0 Å². The highest BCUT2D eigenvalue weighted by Crippen LogP contribution is 2.31. The summed E-state index contributed by atoms with van der Waals surface area (Å²) in [6, 6.07) is 45.5. The monoisotopic (exact) mass is 873 g/mol. The zero-order valence-electron chi connectivity index (χ0n) is 35.4. The molecule has 0 atom stereocenters. The third-order valence-electron chi connectivity index (χ3n) is 10.2. The largest absolute Gasteiger partial charge is 0.497 e. The van der Waals surface area contributed by atoms with Gasteiger partial charge in [0.25, 0.3) is 0 Å². The molecule has 0 radical (unpaired) electrons. The highest BCUT2D eigenvalue weighted by molar-refractivity contribution is 5.94. The van der Waals surface area contributed by atoms with Gasteiger partial charge in [-0.15, -0.1) is 0 Å². The molecular formula is C48H39N15O3. The normalized spacial score (nSPS) is 11.0. The van der Waals surface area contributed by atoms with E-state index in [2.05, 4.69) is 31.9 Å². The number of benzene rings is 6. The summed E-state index contributed by atoms with van der Waals surface area (Å²) in [5, 5.41) is 31.8. The summed E-state index contributed by atoms with van der Waals surface area (Å²) in [7, 11) is 3.25. The number of methoxy groups -OCH3 is 2. The van der Waals surface area contributed by atoms with E-state index in [0.717, 1.165) is 50.3 Å². The van der Waals surface area contributed by atoms with Gasteiger partial charge in [0.2, 0.25) is 35.7 Å². The molecule has 18 heteroatoms. The standard InChI is InChI=1S/C48H39N15O3/c1-65-32-23-19-30(20-24-32)50-41-35-10-4-7-13-38(35)53-44(56-41)59-47-61-46(58-43-52-37-12-6-3-9-34(37)40(55-43)49-29-17-15-28(27-64)16-18-29)62-48(63-47)60-45-54-39-14-8-5-11-36(39)42(57-45)51-31-21-25-33(66-2)26-22-31/h3-26,64H,27H2,1-2H3,(H6,49,50,51,52,53,54,55,56,57,58,59,60,61,62,63). The van der Waals surface area contributed by atoms with Crippen LogP contribution in [0.2, 0.25) is 0 Å². The van der Waals surface area contributed by atoms with Crippen LogP contribution in [0.25, 0.3) is 32.7 Å². The fourth-order valence-corrected chi connectivity index (χ4v) is 6.98. The first-order chi connectivity index (χ1) is 32.4. The minimum absolute atomic E-state index is 0.0616. The molecule has 0 saturated carbocycles. The zero-order valence-corrected chi connectivity index (χ0v) is 35.4. The van der Waals surface area contributed by atoms with Crippen molar-refractivity contribution in [3.63, 3.8) is 0 Å². The molecule has 0 saturated heterocycles. The minimum Gasteiger partial charge on any atom is -0.497 e. The minimum atomic E-state index is -0.0616. The Morgan fingerprint density at radius 3 is 0.970 bits per heavy atom. The van der Waals surface area contributed by atoms with E-state index in [1.165, 1.54) is 0 Å². The molecule has 0 spiro atoms. The Kier molecular flexibility index (Phi) is 11.2. The maximum Gasteiger partial charge on any atom is 0.236 e. The summed E-state index contributed by atoms with van der Waals surface area (Å²) in [5.41, 5.74) is 5.17. The smallest absolute Gasteiger partial charge is 0.236 e. The molecule has 0 fully saturated rings.